The Morgan fingerprint density at radius 1 is 1.29 bits per heavy atom. The molecule has 1 saturated heterocycles. The van der Waals surface area contributed by atoms with Crippen molar-refractivity contribution >= 4 is 5.96 Å². The van der Waals surface area contributed by atoms with Crippen molar-refractivity contribution in [3.63, 3.8) is 0 Å². The van der Waals surface area contributed by atoms with Gasteiger partial charge in [0.15, 0.2) is 5.96 Å². The summed E-state index contributed by atoms with van der Waals surface area (Å²) in [4.78, 5) is 7.43. The quantitative estimate of drug-likeness (QED) is 0.681. The molecule has 24 heavy (non-hydrogen) atoms. The average Bonchev–Trinajstić information content (AvgIpc) is 3.22. The average molecular weight is 332 g/mol. The Morgan fingerprint density at radius 3 is 2.75 bits per heavy atom. The zero-order valence-electron chi connectivity index (χ0n) is 15.5. The van der Waals surface area contributed by atoms with E-state index < -0.39 is 0 Å². The molecule has 0 aromatic carbocycles. The number of likely N-dealkylation sites (tertiary alicyclic amines) is 1. The van der Waals surface area contributed by atoms with E-state index in [0.717, 1.165) is 44.0 Å². The smallest absolute Gasteiger partial charge is 0.193 e. The molecular weight excluding hydrogens is 298 g/mol. The Labute approximate surface area is 146 Å². The summed E-state index contributed by atoms with van der Waals surface area (Å²) in [6.45, 7) is 8.61. The largest absolute Gasteiger partial charge is 0.357 e. The molecule has 2 heterocycles. The van der Waals surface area contributed by atoms with Gasteiger partial charge in [0.1, 0.15) is 0 Å². The Hall–Kier alpha value is -1.52. The van der Waals surface area contributed by atoms with Crippen LogP contribution in [0.3, 0.4) is 0 Å². The third-order valence-electron chi connectivity index (χ3n) is 5.65. The van der Waals surface area contributed by atoms with Gasteiger partial charge in [0.05, 0.1) is 6.20 Å². The summed E-state index contributed by atoms with van der Waals surface area (Å²) >= 11 is 0. The zero-order valence-corrected chi connectivity index (χ0v) is 15.5. The van der Waals surface area contributed by atoms with Crippen LogP contribution in [0.15, 0.2) is 17.4 Å². The SMILES string of the molecule is CCNC(=NCC1CCC(C)CC1)N1CCC(c2cnn(C)c2)C1. The van der Waals surface area contributed by atoms with Crippen LogP contribution in [-0.4, -0.2) is 46.8 Å². The first kappa shape index (κ1) is 17.3. The maximum Gasteiger partial charge on any atom is 0.193 e. The van der Waals surface area contributed by atoms with Crippen LogP contribution in [-0.2, 0) is 7.05 Å². The van der Waals surface area contributed by atoms with Gasteiger partial charge in [-0.15, -0.1) is 0 Å². The van der Waals surface area contributed by atoms with Gasteiger partial charge in [0.2, 0.25) is 0 Å². The molecule has 1 unspecified atom stereocenters. The van der Waals surface area contributed by atoms with E-state index in [4.69, 9.17) is 4.99 Å². The molecule has 0 radical (unpaired) electrons. The highest BCUT2D eigenvalue weighted by Gasteiger charge is 2.27. The maximum absolute atomic E-state index is 4.99. The summed E-state index contributed by atoms with van der Waals surface area (Å²) in [6.07, 6.45) is 10.8. The predicted octanol–water partition coefficient (Wildman–Crippen LogP) is 3.00. The first-order chi connectivity index (χ1) is 11.7. The van der Waals surface area contributed by atoms with E-state index in [1.807, 2.05) is 17.9 Å². The van der Waals surface area contributed by atoms with Crippen molar-refractivity contribution in [3.8, 4) is 0 Å². The Bertz CT molecular complexity index is 542. The molecule has 1 aromatic heterocycles. The molecule has 1 atom stereocenters. The molecule has 1 saturated carbocycles. The standard InChI is InChI=1S/C19H33N5/c1-4-20-19(21-11-16-7-5-15(2)6-8-16)24-10-9-17(14-24)18-12-22-23(3)13-18/h12-13,15-17H,4-11,14H2,1-3H3,(H,20,21). The number of aliphatic imine (C=N–C) groups is 1. The topological polar surface area (TPSA) is 45.5 Å². The number of guanidine groups is 1. The third kappa shape index (κ3) is 4.31. The van der Waals surface area contributed by atoms with Crippen molar-refractivity contribution in [3.05, 3.63) is 18.0 Å². The number of aryl methyl sites for hydroxylation is 1. The molecule has 2 aliphatic rings. The number of rotatable bonds is 4. The second-order valence-corrected chi connectivity index (χ2v) is 7.70. The molecule has 3 rings (SSSR count). The van der Waals surface area contributed by atoms with E-state index in [-0.39, 0.29) is 0 Å². The lowest BCUT2D eigenvalue weighted by Gasteiger charge is -2.26. The second-order valence-electron chi connectivity index (χ2n) is 7.70. The van der Waals surface area contributed by atoms with Crippen LogP contribution in [0.1, 0.15) is 57.4 Å². The molecule has 5 nitrogen and oxygen atoms in total. The van der Waals surface area contributed by atoms with Gasteiger partial charge in [-0.3, -0.25) is 9.67 Å². The molecule has 1 aliphatic carbocycles. The van der Waals surface area contributed by atoms with E-state index >= 15 is 0 Å². The summed E-state index contributed by atoms with van der Waals surface area (Å²) in [7, 11) is 1.99. The molecule has 5 heteroatoms. The highest BCUT2D eigenvalue weighted by atomic mass is 15.3. The first-order valence-electron chi connectivity index (χ1n) is 9.67. The Morgan fingerprint density at radius 2 is 2.08 bits per heavy atom. The van der Waals surface area contributed by atoms with Gasteiger partial charge >= 0.3 is 0 Å². The molecule has 134 valence electrons. The van der Waals surface area contributed by atoms with Gasteiger partial charge in [0.25, 0.3) is 0 Å². The van der Waals surface area contributed by atoms with Gasteiger partial charge in [-0.1, -0.05) is 19.8 Å². The minimum Gasteiger partial charge on any atom is -0.357 e. The minimum absolute atomic E-state index is 0.582. The van der Waals surface area contributed by atoms with Crippen LogP contribution in [0.5, 0.6) is 0 Å². The maximum atomic E-state index is 4.99. The van der Waals surface area contributed by atoms with Gasteiger partial charge < -0.3 is 10.2 Å². The molecule has 2 fully saturated rings. The highest BCUT2D eigenvalue weighted by molar-refractivity contribution is 5.80. The van der Waals surface area contributed by atoms with Crippen LogP contribution in [0.25, 0.3) is 0 Å². The number of nitrogens with zero attached hydrogens (tertiary/aromatic N) is 4. The van der Waals surface area contributed by atoms with Crippen LogP contribution in [0, 0.1) is 11.8 Å². The molecule has 0 spiro atoms. The van der Waals surface area contributed by atoms with Gasteiger partial charge in [-0.05, 0) is 43.6 Å². The fraction of sp³-hybridized carbons (Fsp3) is 0.789. The van der Waals surface area contributed by atoms with E-state index in [9.17, 15) is 0 Å². The van der Waals surface area contributed by atoms with Gasteiger partial charge in [-0.25, -0.2) is 0 Å². The molecule has 0 bridgehead atoms. The summed E-state index contributed by atoms with van der Waals surface area (Å²) < 4.78 is 1.90. The van der Waals surface area contributed by atoms with Gasteiger partial charge in [-0.2, -0.15) is 5.10 Å². The van der Waals surface area contributed by atoms with E-state index in [1.165, 1.54) is 37.7 Å². The number of hydrogen-bond acceptors (Lipinski definition) is 2. The van der Waals surface area contributed by atoms with Crippen LogP contribution in [0.4, 0.5) is 0 Å². The molecule has 0 amide bonds. The number of aromatic nitrogens is 2. The highest BCUT2D eigenvalue weighted by Crippen LogP contribution is 2.29. The Kier molecular flexibility index (Phi) is 5.80. The van der Waals surface area contributed by atoms with E-state index in [2.05, 4.69) is 35.4 Å². The van der Waals surface area contributed by atoms with E-state index in [0.29, 0.717) is 5.92 Å². The first-order valence-corrected chi connectivity index (χ1v) is 9.67. The van der Waals surface area contributed by atoms with Crippen LogP contribution >= 0.6 is 0 Å². The van der Waals surface area contributed by atoms with Crippen molar-refractivity contribution < 1.29 is 0 Å². The molecule has 1 aliphatic heterocycles. The predicted molar refractivity (Wildman–Crippen MR) is 99.2 cm³/mol. The lowest BCUT2D eigenvalue weighted by atomic mass is 9.83. The van der Waals surface area contributed by atoms with Crippen molar-refractivity contribution in [1.29, 1.82) is 0 Å². The summed E-state index contributed by atoms with van der Waals surface area (Å²) in [5.74, 6) is 3.39. The summed E-state index contributed by atoms with van der Waals surface area (Å²) in [5, 5.41) is 7.83. The number of hydrogen-bond donors (Lipinski definition) is 1. The molecule has 1 N–H and O–H groups in total. The zero-order chi connectivity index (χ0) is 16.9. The van der Waals surface area contributed by atoms with Crippen molar-refractivity contribution in [2.75, 3.05) is 26.2 Å². The van der Waals surface area contributed by atoms with Crippen molar-refractivity contribution in [1.82, 2.24) is 20.0 Å². The van der Waals surface area contributed by atoms with Crippen LogP contribution < -0.4 is 5.32 Å². The lowest BCUT2D eigenvalue weighted by Crippen LogP contribution is -2.40. The van der Waals surface area contributed by atoms with Crippen LogP contribution in [0.2, 0.25) is 0 Å². The molecule has 1 aromatic rings. The second kappa shape index (κ2) is 8.04. The fourth-order valence-corrected chi connectivity index (χ4v) is 4.03. The number of nitrogens with one attached hydrogen (secondary N) is 1. The van der Waals surface area contributed by atoms with Crippen molar-refractivity contribution in [2.45, 2.75) is 51.9 Å². The normalized spacial score (nSPS) is 28.4. The molecular formula is C19H33N5. The van der Waals surface area contributed by atoms with Crippen molar-refractivity contribution in [2.24, 2.45) is 23.9 Å². The van der Waals surface area contributed by atoms with Gasteiger partial charge in [0, 0.05) is 45.3 Å². The Balaban J connectivity index is 1.58. The third-order valence-corrected chi connectivity index (χ3v) is 5.65. The summed E-state index contributed by atoms with van der Waals surface area (Å²) in [5.41, 5.74) is 1.36. The lowest BCUT2D eigenvalue weighted by molar-refractivity contribution is 0.295. The van der Waals surface area contributed by atoms with E-state index in [1.54, 1.807) is 0 Å². The fourth-order valence-electron chi connectivity index (χ4n) is 4.03. The minimum atomic E-state index is 0.582. The monoisotopic (exact) mass is 331 g/mol. The summed E-state index contributed by atoms with van der Waals surface area (Å²) in [6, 6.07) is 0.